The molecule has 0 aromatic carbocycles. The van der Waals surface area contributed by atoms with Crippen LogP contribution in [0.1, 0.15) is 18.7 Å². The van der Waals surface area contributed by atoms with Gasteiger partial charge < -0.3 is 10.8 Å². The summed E-state index contributed by atoms with van der Waals surface area (Å²) in [5, 5.41) is 21.3. The third-order valence-corrected chi connectivity index (χ3v) is 3.22. The van der Waals surface area contributed by atoms with Crippen LogP contribution >= 0.6 is 0 Å². The minimum Gasteiger partial charge on any atom is -0.396 e. The quantitative estimate of drug-likeness (QED) is 0.658. The van der Waals surface area contributed by atoms with Gasteiger partial charge in [-0.15, -0.1) is 10.2 Å². The van der Waals surface area contributed by atoms with Crippen molar-refractivity contribution < 1.29 is 5.11 Å². The van der Waals surface area contributed by atoms with Crippen LogP contribution in [0.2, 0.25) is 0 Å². The Balaban J connectivity index is 2.12. The molecule has 0 aliphatic heterocycles. The number of tetrazole rings is 1. The van der Waals surface area contributed by atoms with Gasteiger partial charge in [0.15, 0.2) is 5.82 Å². The van der Waals surface area contributed by atoms with Crippen LogP contribution in [0.5, 0.6) is 0 Å². The van der Waals surface area contributed by atoms with E-state index in [4.69, 9.17) is 5.73 Å². The summed E-state index contributed by atoms with van der Waals surface area (Å²) in [5.74, 6) is 1.19. The number of nitrogens with two attached hydrogens (primary N) is 1. The van der Waals surface area contributed by atoms with Crippen LogP contribution in [0.15, 0.2) is 0 Å². The predicted octanol–water partition coefficient (Wildman–Crippen LogP) is -0.900. The van der Waals surface area contributed by atoms with Gasteiger partial charge in [0.25, 0.3) is 0 Å². The zero-order chi connectivity index (χ0) is 10.9. The highest BCUT2D eigenvalue weighted by Crippen LogP contribution is 2.46. The van der Waals surface area contributed by atoms with E-state index in [0.717, 1.165) is 12.8 Å². The first kappa shape index (κ1) is 10.5. The maximum absolute atomic E-state index is 9.49. The first-order valence-electron chi connectivity index (χ1n) is 5.24. The SMILES string of the molecule is Cn1nnc(CC(CN)(CO)C2CC2)n1. The number of hydrogen-bond acceptors (Lipinski definition) is 5. The second-order valence-electron chi connectivity index (χ2n) is 4.37. The Morgan fingerprint density at radius 3 is 2.73 bits per heavy atom. The average molecular weight is 211 g/mol. The molecule has 0 bridgehead atoms. The highest BCUT2D eigenvalue weighted by molar-refractivity contribution is 5.00. The predicted molar refractivity (Wildman–Crippen MR) is 53.8 cm³/mol. The van der Waals surface area contributed by atoms with E-state index in [9.17, 15) is 5.11 Å². The molecule has 1 aromatic rings. The molecule has 2 rings (SSSR count). The topological polar surface area (TPSA) is 89.9 Å². The van der Waals surface area contributed by atoms with Crippen molar-refractivity contribution in [2.24, 2.45) is 24.1 Å². The van der Waals surface area contributed by atoms with E-state index in [2.05, 4.69) is 15.4 Å². The van der Waals surface area contributed by atoms with Crippen LogP contribution in [0.4, 0.5) is 0 Å². The molecule has 1 aliphatic carbocycles. The molecule has 0 amide bonds. The summed E-state index contributed by atoms with van der Waals surface area (Å²) >= 11 is 0. The second-order valence-corrected chi connectivity index (χ2v) is 4.37. The molecule has 0 spiro atoms. The van der Waals surface area contributed by atoms with E-state index in [1.165, 1.54) is 4.80 Å². The van der Waals surface area contributed by atoms with Crippen LogP contribution in [-0.2, 0) is 13.5 Å². The van der Waals surface area contributed by atoms with Crippen molar-refractivity contribution in [2.75, 3.05) is 13.2 Å². The minimum atomic E-state index is -0.233. The van der Waals surface area contributed by atoms with Gasteiger partial charge in [-0.05, 0) is 24.0 Å². The smallest absolute Gasteiger partial charge is 0.175 e. The van der Waals surface area contributed by atoms with Gasteiger partial charge in [0.05, 0.1) is 13.7 Å². The molecule has 6 heteroatoms. The Labute approximate surface area is 88.5 Å². The van der Waals surface area contributed by atoms with E-state index < -0.39 is 0 Å². The van der Waals surface area contributed by atoms with E-state index >= 15 is 0 Å². The van der Waals surface area contributed by atoms with Crippen molar-refractivity contribution in [3.63, 3.8) is 0 Å². The van der Waals surface area contributed by atoms with Gasteiger partial charge in [0, 0.05) is 18.4 Å². The zero-order valence-electron chi connectivity index (χ0n) is 8.93. The summed E-state index contributed by atoms with van der Waals surface area (Å²) < 4.78 is 0. The van der Waals surface area contributed by atoms with Crippen molar-refractivity contribution >= 4 is 0 Å². The number of hydrogen-bond donors (Lipinski definition) is 2. The summed E-state index contributed by atoms with van der Waals surface area (Å²) in [6, 6.07) is 0. The molecule has 1 saturated carbocycles. The highest BCUT2D eigenvalue weighted by Gasteiger charge is 2.44. The molecular formula is C9H17N5O. The van der Waals surface area contributed by atoms with E-state index in [1.54, 1.807) is 7.05 Å². The fourth-order valence-corrected chi connectivity index (χ4v) is 2.04. The molecular weight excluding hydrogens is 194 g/mol. The van der Waals surface area contributed by atoms with Gasteiger partial charge in [-0.1, -0.05) is 0 Å². The highest BCUT2D eigenvalue weighted by atomic mass is 16.3. The number of aromatic nitrogens is 4. The fourth-order valence-electron chi connectivity index (χ4n) is 2.04. The summed E-state index contributed by atoms with van der Waals surface area (Å²) in [6.07, 6.45) is 2.93. The maximum atomic E-state index is 9.49. The first-order valence-corrected chi connectivity index (χ1v) is 5.24. The van der Waals surface area contributed by atoms with Gasteiger partial charge in [-0.3, -0.25) is 0 Å². The standard InChI is InChI=1S/C9H17N5O/c1-14-12-8(11-13-14)4-9(5-10,6-15)7-2-3-7/h7,15H,2-6,10H2,1H3. The molecule has 6 nitrogen and oxygen atoms in total. The van der Waals surface area contributed by atoms with E-state index in [0.29, 0.717) is 24.7 Å². The van der Waals surface area contributed by atoms with Gasteiger partial charge in [0.2, 0.25) is 0 Å². The van der Waals surface area contributed by atoms with Crippen molar-refractivity contribution in [1.29, 1.82) is 0 Å². The van der Waals surface area contributed by atoms with Crippen molar-refractivity contribution in [1.82, 2.24) is 20.2 Å². The summed E-state index contributed by atoms with van der Waals surface area (Å²) in [7, 11) is 1.73. The Bertz CT molecular complexity index is 329. The van der Waals surface area contributed by atoms with E-state index in [-0.39, 0.29) is 12.0 Å². The lowest BCUT2D eigenvalue weighted by Crippen LogP contribution is -2.39. The molecule has 1 aliphatic rings. The van der Waals surface area contributed by atoms with Crippen LogP contribution in [0, 0.1) is 11.3 Å². The largest absolute Gasteiger partial charge is 0.396 e. The number of aliphatic hydroxyl groups excluding tert-OH is 1. The average Bonchev–Trinajstić information content (AvgIpc) is 3.01. The van der Waals surface area contributed by atoms with Gasteiger partial charge >= 0.3 is 0 Å². The number of aliphatic hydroxyl groups is 1. The third-order valence-electron chi connectivity index (χ3n) is 3.22. The summed E-state index contributed by atoms with van der Waals surface area (Å²) in [4.78, 5) is 1.43. The van der Waals surface area contributed by atoms with Crippen LogP contribution in [-0.4, -0.2) is 38.5 Å². The molecule has 0 saturated heterocycles. The summed E-state index contributed by atoms with van der Waals surface area (Å²) in [6.45, 7) is 0.582. The third kappa shape index (κ3) is 2.00. The molecule has 1 atom stereocenters. The molecule has 84 valence electrons. The Kier molecular flexibility index (Phi) is 2.70. The monoisotopic (exact) mass is 211 g/mol. The molecule has 1 aromatic heterocycles. The lowest BCUT2D eigenvalue weighted by Gasteiger charge is -2.28. The lowest BCUT2D eigenvalue weighted by atomic mass is 9.80. The van der Waals surface area contributed by atoms with Crippen LogP contribution in [0.3, 0.4) is 0 Å². The van der Waals surface area contributed by atoms with Gasteiger partial charge in [-0.25, -0.2) is 0 Å². The minimum absolute atomic E-state index is 0.104. The van der Waals surface area contributed by atoms with E-state index in [1.807, 2.05) is 0 Å². The fraction of sp³-hybridized carbons (Fsp3) is 0.889. The molecule has 0 radical (unpaired) electrons. The number of aryl methyl sites for hydroxylation is 1. The number of nitrogens with zero attached hydrogens (tertiary/aromatic N) is 4. The van der Waals surface area contributed by atoms with Crippen molar-refractivity contribution in [2.45, 2.75) is 19.3 Å². The normalized spacial score (nSPS) is 20.2. The first-order chi connectivity index (χ1) is 7.20. The van der Waals surface area contributed by atoms with Crippen molar-refractivity contribution in [3.05, 3.63) is 5.82 Å². The summed E-state index contributed by atoms with van der Waals surface area (Å²) in [5.41, 5.74) is 5.54. The van der Waals surface area contributed by atoms with Gasteiger partial charge in [-0.2, -0.15) is 4.80 Å². The Morgan fingerprint density at radius 2 is 2.33 bits per heavy atom. The van der Waals surface area contributed by atoms with Crippen LogP contribution < -0.4 is 5.73 Å². The molecule has 1 unspecified atom stereocenters. The Hall–Kier alpha value is -1.01. The Morgan fingerprint density at radius 1 is 1.60 bits per heavy atom. The number of rotatable bonds is 5. The van der Waals surface area contributed by atoms with Gasteiger partial charge in [0.1, 0.15) is 0 Å². The van der Waals surface area contributed by atoms with Crippen LogP contribution in [0.25, 0.3) is 0 Å². The zero-order valence-corrected chi connectivity index (χ0v) is 8.93. The molecule has 1 heterocycles. The molecule has 1 fully saturated rings. The maximum Gasteiger partial charge on any atom is 0.175 e. The lowest BCUT2D eigenvalue weighted by molar-refractivity contribution is 0.106. The van der Waals surface area contributed by atoms with Crippen molar-refractivity contribution in [3.8, 4) is 0 Å². The molecule has 3 N–H and O–H groups in total. The molecule has 15 heavy (non-hydrogen) atoms. The second kappa shape index (κ2) is 3.86.